The number of piperidine rings is 1. The van der Waals surface area contributed by atoms with Crippen LogP contribution in [0.25, 0.3) is 21.9 Å². The molecule has 5 rings (SSSR count). The Hall–Kier alpha value is -3.34. The smallest absolute Gasteiger partial charge is 0.298 e. The highest BCUT2D eigenvalue weighted by Crippen LogP contribution is 2.26. The Bertz CT molecular complexity index is 1130. The van der Waals surface area contributed by atoms with Crippen LogP contribution in [0.4, 0.5) is 6.01 Å². The van der Waals surface area contributed by atoms with Crippen LogP contribution in [0.1, 0.15) is 23.2 Å². The first-order valence-electron chi connectivity index (χ1n) is 10.1. The van der Waals surface area contributed by atoms with Crippen LogP contribution in [0.3, 0.4) is 0 Å². The third-order valence-corrected chi connectivity index (χ3v) is 5.73. The second kappa shape index (κ2) is 7.59. The Morgan fingerprint density at radius 1 is 1.00 bits per heavy atom. The van der Waals surface area contributed by atoms with Gasteiger partial charge in [-0.3, -0.25) is 4.79 Å². The Labute approximate surface area is 169 Å². The number of fused-ring (bicyclic) bond motifs is 2. The van der Waals surface area contributed by atoms with E-state index < -0.39 is 0 Å². The van der Waals surface area contributed by atoms with Gasteiger partial charge in [0.25, 0.3) is 11.9 Å². The molecule has 1 amide bonds. The summed E-state index contributed by atoms with van der Waals surface area (Å²) in [4.78, 5) is 19.4. The highest BCUT2D eigenvalue weighted by Gasteiger charge is 2.23. The molecule has 0 radical (unpaired) electrons. The third-order valence-electron chi connectivity index (χ3n) is 5.73. The maximum Gasteiger partial charge on any atom is 0.298 e. The molecule has 0 atom stereocenters. The van der Waals surface area contributed by atoms with Gasteiger partial charge in [-0.25, -0.2) is 0 Å². The number of hydrogen-bond acceptors (Lipinski definition) is 4. The van der Waals surface area contributed by atoms with E-state index in [1.807, 2.05) is 60.7 Å². The van der Waals surface area contributed by atoms with Crippen molar-refractivity contribution >= 4 is 33.8 Å². The highest BCUT2D eigenvalue weighted by atomic mass is 16.4. The molecule has 5 nitrogen and oxygen atoms in total. The molecular formula is C24H23N3O2. The monoisotopic (exact) mass is 385 g/mol. The number of para-hydroxylation sites is 2. The summed E-state index contributed by atoms with van der Waals surface area (Å²) < 4.78 is 5.88. The van der Waals surface area contributed by atoms with Gasteiger partial charge in [-0.1, -0.05) is 42.5 Å². The number of nitrogens with zero attached hydrogens (tertiary/aromatic N) is 2. The average Bonchev–Trinajstić information content (AvgIpc) is 3.22. The molecule has 1 fully saturated rings. The summed E-state index contributed by atoms with van der Waals surface area (Å²) in [6, 6.07) is 22.5. The molecule has 2 heterocycles. The van der Waals surface area contributed by atoms with Gasteiger partial charge >= 0.3 is 0 Å². The molecule has 29 heavy (non-hydrogen) atoms. The van der Waals surface area contributed by atoms with E-state index in [0.717, 1.165) is 47.8 Å². The van der Waals surface area contributed by atoms with E-state index in [1.54, 1.807) is 0 Å². The molecular weight excluding hydrogens is 362 g/mol. The SMILES string of the molecule is O=C(NCC1CCN(c2nc3ccccc3o2)CC1)c1ccc2ccccc2c1. The van der Waals surface area contributed by atoms with Crippen molar-refractivity contribution < 1.29 is 9.21 Å². The molecule has 3 aromatic carbocycles. The third kappa shape index (κ3) is 3.68. The molecule has 1 aliphatic heterocycles. The van der Waals surface area contributed by atoms with Crippen molar-refractivity contribution in [1.82, 2.24) is 10.3 Å². The topological polar surface area (TPSA) is 58.4 Å². The van der Waals surface area contributed by atoms with Crippen LogP contribution < -0.4 is 10.2 Å². The van der Waals surface area contributed by atoms with Gasteiger partial charge < -0.3 is 14.6 Å². The van der Waals surface area contributed by atoms with Crippen molar-refractivity contribution in [2.24, 2.45) is 5.92 Å². The Kier molecular flexibility index (Phi) is 4.64. The molecule has 5 heteroatoms. The van der Waals surface area contributed by atoms with Gasteiger partial charge in [0, 0.05) is 25.2 Å². The summed E-state index contributed by atoms with van der Waals surface area (Å²) in [5.41, 5.74) is 2.44. The van der Waals surface area contributed by atoms with E-state index in [4.69, 9.17) is 4.42 Å². The largest absolute Gasteiger partial charge is 0.423 e. The van der Waals surface area contributed by atoms with Crippen LogP contribution >= 0.6 is 0 Å². The number of anilines is 1. The van der Waals surface area contributed by atoms with Gasteiger partial charge in [-0.15, -0.1) is 0 Å². The second-order valence-corrected chi connectivity index (χ2v) is 7.67. The molecule has 4 aromatic rings. The predicted octanol–water partition coefficient (Wildman–Crippen LogP) is 4.63. The normalized spacial score (nSPS) is 15.1. The molecule has 0 bridgehead atoms. The lowest BCUT2D eigenvalue weighted by atomic mass is 9.97. The van der Waals surface area contributed by atoms with Crippen LogP contribution in [0.2, 0.25) is 0 Å². The van der Waals surface area contributed by atoms with Crippen molar-refractivity contribution in [2.75, 3.05) is 24.5 Å². The zero-order valence-corrected chi connectivity index (χ0v) is 16.2. The summed E-state index contributed by atoms with van der Waals surface area (Å²) in [7, 11) is 0. The number of nitrogens with one attached hydrogen (secondary N) is 1. The summed E-state index contributed by atoms with van der Waals surface area (Å²) in [5, 5.41) is 5.35. The minimum Gasteiger partial charge on any atom is -0.423 e. The minimum atomic E-state index is -0.00265. The van der Waals surface area contributed by atoms with Crippen LogP contribution in [-0.4, -0.2) is 30.5 Å². The van der Waals surface area contributed by atoms with E-state index in [9.17, 15) is 4.79 Å². The number of aromatic nitrogens is 1. The molecule has 1 N–H and O–H groups in total. The van der Waals surface area contributed by atoms with E-state index >= 15 is 0 Å². The first-order valence-corrected chi connectivity index (χ1v) is 10.1. The molecule has 146 valence electrons. The summed E-state index contributed by atoms with van der Waals surface area (Å²) in [5.74, 6) is 0.470. The van der Waals surface area contributed by atoms with Crippen LogP contribution in [0.15, 0.2) is 71.1 Å². The summed E-state index contributed by atoms with van der Waals surface area (Å²) in [6.07, 6.45) is 2.02. The fourth-order valence-electron chi connectivity index (χ4n) is 3.99. The molecule has 0 unspecified atom stereocenters. The number of carbonyl (C=O) groups is 1. The van der Waals surface area contributed by atoms with Gasteiger partial charge in [-0.2, -0.15) is 4.98 Å². The first-order chi connectivity index (χ1) is 14.3. The molecule has 1 saturated heterocycles. The van der Waals surface area contributed by atoms with Crippen molar-refractivity contribution in [3.63, 3.8) is 0 Å². The zero-order chi connectivity index (χ0) is 19.6. The van der Waals surface area contributed by atoms with E-state index in [1.165, 1.54) is 0 Å². The highest BCUT2D eigenvalue weighted by molar-refractivity contribution is 5.98. The fourth-order valence-corrected chi connectivity index (χ4v) is 3.99. The fraction of sp³-hybridized carbons (Fsp3) is 0.250. The van der Waals surface area contributed by atoms with Gasteiger partial charge in [0.2, 0.25) is 0 Å². The predicted molar refractivity (Wildman–Crippen MR) is 115 cm³/mol. The van der Waals surface area contributed by atoms with Crippen molar-refractivity contribution in [3.8, 4) is 0 Å². The number of benzene rings is 3. The average molecular weight is 385 g/mol. The lowest BCUT2D eigenvalue weighted by molar-refractivity contribution is 0.0945. The standard InChI is InChI=1S/C24H23N3O2/c28-23(20-10-9-18-5-1-2-6-19(18)15-20)25-16-17-11-13-27(14-12-17)24-26-21-7-3-4-8-22(21)29-24/h1-10,15,17H,11-14,16H2,(H,25,28). The lowest BCUT2D eigenvalue weighted by Gasteiger charge is -2.30. The minimum absolute atomic E-state index is 0.00265. The summed E-state index contributed by atoms with van der Waals surface area (Å²) >= 11 is 0. The molecule has 0 aliphatic carbocycles. The second-order valence-electron chi connectivity index (χ2n) is 7.67. The lowest BCUT2D eigenvalue weighted by Crippen LogP contribution is -2.38. The number of amides is 1. The quantitative estimate of drug-likeness (QED) is 0.557. The van der Waals surface area contributed by atoms with Gasteiger partial charge in [-0.05, 0) is 53.8 Å². The van der Waals surface area contributed by atoms with E-state index in [0.29, 0.717) is 24.0 Å². The first kappa shape index (κ1) is 17.7. The Balaban J connectivity index is 1.16. The number of rotatable bonds is 4. The van der Waals surface area contributed by atoms with Crippen LogP contribution in [0, 0.1) is 5.92 Å². The van der Waals surface area contributed by atoms with Crippen molar-refractivity contribution in [2.45, 2.75) is 12.8 Å². The molecule has 0 spiro atoms. The maximum absolute atomic E-state index is 12.6. The zero-order valence-electron chi connectivity index (χ0n) is 16.2. The number of carbonyl (C=O) groups excluding carboxylic acids is 1. The maximum atomic E-state index is 12.6. The summed E-state index contributed by atoms with van der Waals surface area (Å²) in [6.45, 7) is 2.49. The van der Waals surface area contributed by atoms with Gasteiger partial charge in [0.1, 0.15) is 5.52 Å². The van der Waals surface area contributed by atoms with Crippen molar-refractivity contribution in [1.29, 1.82) is 0 Å². The molecule has 1 aliphatic rings. The van der Waals surface area contributed by atoms with Crippen LogP contribution in [-0.2, 0) is 0 Å². The van der Waals surface area contributed by atoms with E-state index in [-0.39, 0.29) is 5.91 Å². The van der Waals surface area contributed by atoms with Crippen molar-refractivity contribution in [3.05, 3.63) is 72.3 Å². The van der Waals surface area contributed by atoms with Gasteiger partial charge in [0.05, 0.1) is 0 Å². The van der Waals surface area contributed by atoms with E-state index in [2.05, 4.69) is 21.3 Å². The van der Waals surface area contributed by atoms with Gasteiger partial charge in [0.15, 0.2) is 5.58 Å². The molecule has 0 saturated carbocycles. The van der Waals surface area contributed by atoms with Crippen LogP contribution in [0.5, 0.6) is 0 Å². The number of oxazole rings is 1. The Morgan fingerprint density at radius 2 is 1.76 bits per heavy atom. The molecule has 1 aromatic heterocycles. The number of hydrogen-bond donors (Lipinski definition) is 1. The Morgan fingerprint density at radius 3 is 2.59 bits per heavy atom.